The van der Waals surface area contributed by atoms with Gasteiger partial charge in [0, 0.05) is 71.3 Å². The number of allylic oxidation sites excluding steroid dienone is 2. The smallest absolute Gasteiger partial charge is 0.129 e. The molecule has 0 bridgehead atoms. The maximum atomic E-state index is 4.40. The normalized spacial score (nSPS) is 14.2. The van der Waals surface area contributed by atoms with Gasteiger partial charge >= 0.3 is 0 Å². The van der Waals surface area contributed by atoms with Crippen LogP contribution < -0.4 is 10.2 Å². The molecule has 4 rings (SSSR count). The van der Waals surface area contributed by atoms with Crippen LogP contribution in [0.2, 0.25) is 0 Å². The molecule has 1 aromatic carbocycles. The molecule has 1 fully saturated rings. The first kappa shape index (κ1) is 26.0. The van der Waals surface area contributed by atoms with Gasteiger partial charge in [0.05, 0.1) is 0 Å². The van der Waals surface area contributed by atoms with Gasteiger partial charge in [-0.15, -0.1) is 0 Å². The summed E-state index contributed by atoms with van der Waals surface area (Å²) >= 11 is 0. The molecule has 0 aliphatic carbocycles. The van der Waals surface area contributed by atoms with Gasteiger partial charge in [-0.05, 0) is 72.0 Å². The summed E-state index contributed by atoms with van der Waals surface area (Å²) in [6.07, 6.45) is 9.60. The van der Waals surface area contributed by atoms with E-state index in [1.807, 2.05) is 56.7 Å². The number of rotatable bonds is 6. The molecule has 1 saturated heterocycles. The van der Waals surface area contributed by atoms with Gasteiger partial charge in [0.2, 0.25) is 0 Å². The van der Waals surface area contributed by atoms with E-state index in [0.717, 1.165) is 54.3 Å². The van der Waals surface area contributed by atoms with E-state index in [9.17, 15) is 0 Å². The summed E-state index contributed by atoms with van der Waals surface area (Å²) < 4.78 is 0. The maximum Gasteiger partial charge on any atom is 0.129 e. The lowest BCUT2D eigenvalue weighted by atomic mass is 9.97. The van der Waals surface area contributed by atoms with Gasteiger partial charge in [0.25, 0.3) is 0 Å². The van der Waals surface area contributed by atoms with Gasteiger partial charge in [-0.3, -0.25) is 0 Å². The van der Waals surface area contributed by atoms with Crippen molar-refractivity contribution in [2.75, 3.05) is 64.6 Å². The Morgan fingerprint density at radius 1 is 1.03 bits per heavy atom. The lowest BCUT2D eigenvalue weighted by Gasteiger charge is -2.33. The minimum absolute atomic E-state index is 0.879. The molecule has 1 N–H and O–H groups in total. The Morgan fingerprint density at radius 2 is 1.77 bits per heavy atom. The van der Waals surface area contributed by atoms with Crippen molar-refractivity contribution in [2.45, 2.75) is 6.92 Å². The predicted molar refractivity (Wildman–Crippen MR) is 152 cm³/mol. The molecule has 3 heterocycles. The predicted octanol–water partition coefficient (Wildman–Crippen LogP) is 5.15. The van der Waals surface area contributed by atoms with E-state index in [4.69, 9.17) is 0 Å². The third-order valence-corrected chi connectivity index (χ3v) is 6.08. The number of anilines is 2. The van der Waals surface area contributed by atoms with Gasteiger partial charge in [-0.25, -0.2) is 9.97 Å². The van der Waals surface area contributed by atoms with Gasteiger partial charge in [-0.2, -0.15) is 0 Å². The lowest BCUT2D eigenvalue weighted by molar-refractivity contribution is 0.312. The quantitative estimate of drug-likeness (QED) is 0.503. The molecule has 0 atom stereocenters. The monoisotopic (exact) mass is 470 g/mol. The first-order valence-corrected chi connectivity index (χ1v) is 12.0. The van der Waals surface area contributed by atoms with Crippen LogP contribution in [0.3, 0.4) is 0 Å². The van der Waals surface area contributed by atoms with E-state index >= 15 is 0 Å². The van der Waals surface area contributed by atoms with E-state index in [-0.39, 0.29) is 0 Å². The van der Waals surface area contributed by atoms with Gasteiger partial charge in [0.15, 0.2) is 0 Å². The van der Waals surface area contributed by atoms with Gasteiger partial charge in [-0.1, -0.05) is 25.3 Å². The SMILES string of the molecule is C=C/C(=C\N(C)C)c1cc2cc(NC)ncc2cc1C.C=Cc1ccnc(N2CCN(C)CC2)c1. The zero-order chi connectivity index (χ0) is 25.4. The number of pyridine rings is 2. The third kappa shape index (κ3) is 6.93. The lowest BCUT2D eigenvalue weighted by Crippen LogP contribution is -2.44. The maximum absolute atomic E-state index is 4.40. The average molecular weight is 471 g/mol. The molecule has 1 aliphatic heterocycles. The Kier molecular flexibility index (Phi) is 9.04. The van der Waals surface area contributed by atoms with Crippen molar-refractivity contribution in [2.24, 2.45) is 0 Å². The standard InChI is InChI=1S/C17H21N3.C12H17N3/c1-6-13(11-20(4)5)16-8-14-9-17(18-3)19-10-15(14)7-12(16)2;1-3-11-4-5-13-12(10-11)15-8-6-14(2)7-9-15/h6-11H,1H2,2-5H3,(H,18,19);3-5,10H,1,6-9H2,2H3/b13-11+;. The molecule has 2 aromatic heterocycles. The summed E-state index contributed by atoms with van der Waals surface area (Å²) in [7, 11) is 8.07. The van der Waals surface area contributed by atoms with Gasteiger partial charge in [0.1, 0.15) is 11.6 Å². The summed E-state index contributed by atoms with van der Waals surface area (Å²) in [5, 5.41) is 5.40. The first-order chi connectivity index (χ1) is 16.8. The van der Waals surface area contributed by atoms with Crippen molar-refractivity contribution in [1.29, 1.82) is 0 Å². The number of nitrogens with zero attached hydrogens (tertiary/aromatic N) is 5. The fourth-order valence-electron chi connectivity index (χ4n) is 4.04. The van der Waals surface area contributed by atoms with Crippen molar-refractivity contribution < 1.29 is 0 Å². The van der Waals surface area contributed by atoms with Gasteiger partial charge < -0.3 is 20.0 Å². The first-order valence-electron chi connectivity index (χ1n) is 12.0. The number of benzene rings is 1. The Morgan fingerprint density at radius 3 is 2.40 bits per heavy atom. The topological polar surface area (TPSA) is 47.5 Å². The zero-order valence-electron chi connectivity index (χ0n) is 21.8. The van der Waals surface area contributed by atoms with Crippen molar-refractivity contribution in [1.82, 2.24) is 19.8 Å². The highest BCUT2D eigenvalue weighted by Crippen LogP contribution is 2.27. The van der Waals surface area contributed by atoms with Crippen LogP contribution in [-0.4, -0.2) is 74.1 Å². The fourth-order valence-corrected chi connectivity index (χ4v) is 4.04. The molecule has 6 heteroatoms. The Hall–Kier alpha value is -3.64. The molecule has 1 aliphatic rings. The van der Waals surface area contributed by atoms with Crippen LogP contribution in [0, 0.1) is 6.92 Å². The van der Waals surface area contributed by atoms with Crippen LogP contribution in [0.15, 0.2) is 68.2 Å². The van der Waals surface area contributed by atoms with Crippen LogP contribution in [0.25, 0.3) is 22.4 Å². The fraction of sp³-hybridized carbons (Fsp3) is 0.310. The molecule has 0 saturated carbocycles. The van der Waals surface area contributed by atoms with Crippen LogP contribution in [0.5, 0.6) is 0 Å². The van der Waals surface area contributed by atoms with Crippen molar-refractivity contribution in [3.8, 4) is 0 Å². The van der Waals surface area contributed by atoms with Crippen LogP contribution in [0.1, 0.15) is 16.7 Å². The highest BCUT2D eigenvalue weighted by molar-refractivity contribution is 5.90. The number of piperazine rings is 1. The van der Waals surface area contributed by atoms with Crippen LogP contribution in [0.4, 0.5) is 11.6 Å². The highest BCUT2D eigenvalue weighted by Gasteiger charge is 2.14. The van der Waals surface area contributed by atoms with E-state index in [0.29, 0.717) is 0 Å². The number of likely N-dealkylation sites (N-methyl/N-ethyl adjacent to an activating group) is 1. The summed E-state index contributed by atoms with van der Waals surface area (Å²) in [6.45, 7) is 14.2. The summed E-state index contributed by atoms with van der Waals surface area (Å²) in [6, 6.07) is 10.5. The Balaban J connectivity index is 0.000000203. The van der Waals surface area contributed by atoms with Crippen molar-refractivity contribution in [3.05, 3.63) is 84.8 Å². The molecule has 184 valence electrons. The van der Waals surface area contributed by atoms with E-state index in [2.05, 4.69) is 82.7 Å². The largest absolute Gasteiger partial charge is 0.383 e. The number of nitrogens with one attached hydrogen (secondary N) is 1. The number of aryl methyl sites for hydroxylation is 1. The van der Waals surface area contributed by atoms with E-state index in [1.54, 1.807) is 0 Å². The van der Waals surface area contributed by atoms with E-state index in [1.165, 1.54) is 16.5 Å². The van der Waals surface area contributed by atoms with Crippen LogP contribution >= 0.6 is 0 Å². The van der Waals surface area contributed by atoms with Crippen molar-refractivity contribution in [3.63, 3.8) is 0 Å². The molecule has 3 aromatic rings. The summed E-state index contributed by atoms with van der Waals surface area (Å²) in [5.41, 5.74) is 4.69. The average Bonchev–Trinajstić information content (AvgIpc) is 2.87. The zero-order valence-corrected chi connectivity index (χ0v) is 21.8. The summed E-state index contributed by atoms with van der Waals surface area (Å²) in [5.74, 6) is 1.95. The number of fused-ring (bicyclic) bond motifs is 1. The van der Waals surface area contributed by atoms with Crippen molar-refractivity contribution >= 4 is 34.1 Å². The molecule has 0 amide bonds. The van der Waals surface area contributed by atoms with Crippen LogP contribution in [-0.2, 0) is 0 Å². The number of hydrogen-bond donors (Lipinski definition) is 1. The second-order valence-electron chi connectivity index (χ2n) is 9.03. The Bertz CT molecular complexity index is 1190. The number of hydrogen-bond acceptors (Lipinski definition) is 6. The minimum Gasteiger partial charge on any atom is -0.383 e. The second kappa shape index (κ2) is 12.2. The molecule has 35 heavy (non-hydrogen) atoms. The second-order valence-corrected chi connectivity index (χ2v) is 9.03. The van der Waals surface area contributed by atoms with E-state index < -0.39 is 0 Å². The molecular formula is C29H38N6. The minimum atomic E-state index is 0.879. The molecule has 0 radical (unpaired) electrons. The third-order valence-electron chi connectivity index (χ3n) is 6.08. The highest BCUT2D eigenvalue weighted by atomic mass is 15.3. The molecule has 6 nitrogen and oxygen atoms in total. The molecule has 0 spiro atoms. The summed E-state index contributed by atoms with van der Waals surface area (Å²) in [4.78, 5) is 15.5. The molecular weight excluding hydrogens is 432 g/mol. The Labute approximate surface area is 210 Å². The molecule has 0 unspecified atom stereocenters. The number of aromatic nitrogens is 2.